The molecule has 0 unspecified atom stereocenters. The Morgan fingerprint density at radius 1 is 1.45 bits per heavy atom. The molecular formula is C7H16F2N2. The van der Waals surface area contributed by atoms with Gasteiger partial charge in [0, 0.05) is 6.04 Å². The third-order valence-electron chi connectivity index (χ3n) is 1.66. The Bertz CT molecular complexity index is 115. The molecule has 0 spiro atoms. The van der Waals surface area contributed by atoms with E-state index in [1.165, 1.54) is 0 Å². The van der Waals surface area contributed by atoms with Crippen LogP contribution in [-0.2, 0) is 0 Å². The molecule has 0 amide bonds. The molecule has 0 aromatic heterocycles. The highest BCUT2D eigenvalue weighted by Crippen LogP contribution is 2.13. The van der Waals surface area contributed by atoms with E-state index in [4.69, 9.17) is 5.73 Å². The van der Waals surface area contributed by atoms with Crippen LogP contribution in [0.25, 0.3) is 0 Å². The summed E-state index contributed by atoms with van der Waals surface area (Å²) in [7, 11) is 1.66. The molecule has 0 fully saturated rings. The summed E-state index contributed by atoms with van der Waals surface area (Å²) in [5.41, 5.74) is 4.88. The van der Waals surface area contributed by atoms with Gasteiger partial charge in [-0.05, 0) is 20.9 Å². The van der Waals surface area contributed by atoms with Crippen LogP contribution >= 0.6 is 0 Å². The van der Waals surface area contributed by atoms with Gasteiger partial charge in [0.15, 0.2) is 0 Å². The molecule has 4 heteroatoms. The average Bonchev–Trinajstić information content (AvgIpc) is 1.87. The summed E-state index contributed by atoms with van der Waals surface area (Å²) in [6.45, 7) is 2.89. The SMILES string of the molecule is CC(C)N(C)CC(F)(F)CN. The van der Waals surface area contributed by atoms with Gasteiger partial charge in [0.1, 0.15) is 0 Å². The van der Waals surface area contributed by atoms with Gasteiger partial charge in [0.25, 0.3) is 5.92 Å². The fourth-order valence-corrected chi connectivity index (χ4v) is 0.612. The Labute approximate surface area is 66.4 Å². The Morgan fingerprint density at radius 3 is 2.18 bits per heavy atom. The highest BCUT2D eigenvalue weighted by molar-refractivity contribution is 4.72. The first-order valence-electron chi connectivity index (χ1n) is 3.67. The van der Waals surface area contributed by atoms with Crippen molar-refractivity contribution in [2.45, 2.75) is 25.8 Å². The van der Waals surface area contributed by atoms with E-state index in [1.807, 2.05) is 13.8 Å². The second-order valence-electron chi connectivity index (χ2n) is 3.07. The Hall–Kier alpha value is -0.220. The monoisotopic (exact) mass is 166 g/mol. The van der Waals surface area contributed by atoms with Crippen LogP contribution in [0.1, 0.15) is 13.8 Å². The van der Waals surface area contributed by atoms with Crippen molar-refractivity contribution in [1.29, 1.82) is 0 Å². The predicted molar refractivity (Wildman–Crippen MR) is 41.8 cm³/mol. The minimum atomic E-state index is -2.75. The molecule has 68 valence electrons. The highest BCUT2D eigenvalue weighted by atomic mass is 19.3. The molecule has 0 saturated heterocycles. The third-order valence-corrected chi connectivity index (χ3v) is 1.66. The maximum atomic E-state index is 12.6. The molecule has 2 nitrogen and oxygen atoms in total. The van der Waals surface area contributed by atoms with Crippen LogP contribution in [0.15, 0.2) is 0 Å². The molecule has 0 atom stereocenters. The molecule has 0 rings (SSSR count). The number of rotatable bonds is 4. The molecule has 11 heavy (non-hydrogen) atoms. The van der Waals surface area contributed by atoms with Crippen molar-refractivity contribution in [2.75, 3.05) is 20.1 Å². The molecule has 0 radical (unpaired) electrons. The lowest BCUT2D eigenvalue weighted by Crippen LogP contribution is -2.42. The Morgan fingerprint density at radius 2 is 1.91 bits per heavy atom. The van der Waals surface area contributed by atoms with E-state index in [9.17, 15) is 8.78 Å². The normalized spacial score (nSPS) is 13.1. The van der Waals surface area contributed by atoms with Crippen molar-refractivity contribution in [3.05, 3.63) is 0 Å². The van der Waals surface area contributed by atoms with Gasteiger partial charge in [-0.1, -0.05) is 0 Å². The van der Waals surface area contributed by atoms with Gasteiger partial charge >= 0.3 is 0 Å². The minimum Gasteiger partial charge on any atom is -0.325 e. The third kappa shape index (κ3) is 4.27. The van der Waals surface area contributed by atoms with E-state index >= 15 is 0 Å². The van der Waals surface area contributed by atoms with Crippen molar-refractivity contribution in [3.8, 4) is 0 Å². The molecular weight excluding hydrogens is 150 g/mol. The Balaban J connectivity index is 3.83. The number of alkyl halides is 2. The average molecular weight is 166 g/mol. The van der Waals surface area contributed by atoms with Gasteiger partial charge in [-0.3, -0.25) is 4.90 Å². The summed E-state index contributed by atoms with van der Waals surface area (Å²) < 4.78 is 25.2. The van der Waals surface area contributed by atoms with Gasteiger partial charge in [0.2, 0.25) is 0 Å². The van der Waals surface area contributed by atoms with Crippen molar-refractivity contribution >= 4 is 0 Å². The summed E-state index contributed by atoms with van der Waals surface area (Å²) in [5, 5.41) is 0. The second kappa shape index (κ2) is 3.97. The molecule has 0 aliphatic carbocycles. The van der Waals surface area contributed by atoms with E-state index in [-0.39, 0.29) is 12.6 Å². The van der Waals surface area contributed by atoms with Gasteiger partial charge < -0.3 is 5.73 Å². The zero-order valence-electron chi connectivity index (χ0n) is 7.27. The highest BCUT2D eigenvalue weighted by Gasteiger charge is 2.28. The predicted octanol–water partition coefficient (Wildman–Crippen LogP) is 0.921. The lowest BCUT2D eigenvalue weighted by molar-refractivity contribution is -0.0237. The van der Waals surface area contributed by atoms with Crippen LogP contribution < -0.4 is 5.73 Å². The van der Waals surface area contributed by atoms with E-state index < -0.39 is 12.5 Å². The van der Waals surface area contributed by atoms with Crippen LogP contribution in [0, 0.1) is 0 Å². The molecule has 2 N–H and O–H groups in total. The summed E-state index contributed by atoms with van der Waals surface area (Å²) in [6, 6.07) is 0.132. The van der Waals surface area contributed by atoms with Gasteiger partial charge in [-0.2, -0.15) is 0 Å². The zero-order chi connectivity index (χ0) is 9.07. The quantitative estimate of drug-likeness (QED) is 0.673. The molecule has 0 bridgehead atoms. The van der Waals surface area contributed by atoms with Crippen LogP contribution in [0.4, 0.5) is 8.78 Å². The van der Waals surface area contributed by atoms with Crippen molar-refractivity contribution in [1.82, 2.24) is 4.90 Å². The van der Waals surface area contributed by atoms with Gasteiger partial charge in [-0.15, -0.1) is 0 Å². The number of hydrogen-bond acceptors (Lipinski definition) is 2. The maximum absolute atomic E-state index is 12.6. The fourth-order valence-electron chi connectivity index (χ4n) is 0.612. The molecule has 0 aromatic rings. The molecule has 0 heterocycles. The molecule has 0 aliphatic rings. The maximum Gasteiger partial charge on any atom is 0.272 e. The summed E-state index contributed by atoms with van der Waals surface area (Å²) in [4.78, 5) is 1.58. The van der Waals surface area contributed by atoms with E-state index in [1.54, 1.807) is 11.9 Å². The van der Waals surface area contributed by atoms with Crippen molar-refractivity contribution < 1.29 is 8.78 Å². The standard InChI is InChI=1S/C7H16F2N2/c1-6(2)11(3)5-7(8,9)4-10/h6H,4-5,10H2,1-3H3. The number of hydrogen-bond donors (Lipinski definition) is 1. The largest absolute Gasteiger partial charge is 0.325 e. The summed E-state index contributed by atoms with van der Waals surface area (Å²) in [5.74, 6) is -2.75. The van der Waals surface area contributed by atoms with Gasteiger partial charge in [0.05, 0.1) is 13.1 Å². The second-order valence-corrected chi connectivity index (χ2v) is 3.07. The number of halogens is 2. The first-order valence-corrected chi connectivity index (χ1v) is 3.67. The first-order chi connectivity index (χ1) is 4.89. The zero-order valence-corrected chi connectivity index (χ0v) is 7.27. The van der Waals surface area contributed by atoms with E-state index in [0.717, 1.165) is 0 Å². The topological polar surface area (TPSA) is 29.3 Å². The Kier molecular flexibility index (Phi) is 3.89. The molecule has 0 saturated carbocycles. The van der Waals surface area contributed by atoms with Crippen LogP contribution in [0.2, 0.25) is 0 Å². The smallest absolute Gasteiger partial charge is 0.272 e. The van der Waals surface area contributed by atoms with E-state index in [0.29, 0.717) is 0 Å². The van der Waals surface area contributed by atoms with Crippen LogP contribution in [0.5, 0.6) is 0 Å². The molecule has 0 aromatic carbocycles. The lowest BCUT2D eigenvalue weighted by Gasteiger charge is -2.25. The lowest BCUT2D eigenvalue weighted by atomic mass is 10.2. The minimum absolute atomic E-state index is 0.132. The fraction of sp³-hybridized carbons (Fsp3) is 1.00. The van der Waals surface area contributed by atoms with Crippen LogP contribution in [-0.4, -0.2) is 37.0 Å². The first kappa shape index (κ1) is 10.8. The summed E-state index contributed by atoms with van der Waals surface area (Å²) in [6.07, 6.45) is 0. The van der Waals surface area contributed by atoms with E-state index in [2.05, 4.69) is 0 Å². The number of nitrogens with two attached hydrogens (primary N) is 1. The van der Waals surface area contributed by atoms with Crippen molar-refractivity contribution in [3.63, 3.8) is 0 Å². The molecule has 0 aliphatic heterocycles. The number of nitrogens with zero attached hydrogens (tertiary/aromatic N) is 1. The van der Waals surface area contributed by atoms with Crippen molar-refractivity contribution in [2.24, 2.45) is 5.73 Å². The summed E-state index contributed by atoms with van der Waals surface area (Å²) >= 11 is 0. The van der Waals surface area contributed by atoms with Crippen LogP contribution in [0.3, 0.4) is 0 Å². The van der Waals surface area contributed by atoms with Gasteiger partial charge in [-0.25, -0.2) is 8.78 Å².